The van der Waals surface area contributed by atoms with Gasteiger partial charge in [0.25, 0.3) is 0 Å². The van der Waals surface area contributed by atoms with Crippen LogP contribution in [0.1, 0.15) is 0 Å². The first-order valence-corrected chi connectivity index (χ1v) is 5.92. The predicted molar refractivity (Wildman–Crippen MR) is 69.5 cm³/mol. The normalized spacial score (nSPS) is 14.7. The van der Waals surface area contributed by atoms with E-state index in [4.69, 9.17) is 9.84 Å². The molecule has 0 bridgehead atoms. The van der Waals surface area contributed by atoms with Crippen molar-refractivity contribution in [2.45, 2.75) is 0 Å². The maximum absolute atomic E-state index is 12.1. The predicted octanol–water partition coefficient (Wildman–Crippen LogP) is 1.27. The number of anilines is 1. The molecule has 2 rings (SSSR count). The zero-order valence-electron chi connectivity index (χ0n) is 10.9. The van der Waals surface area contributed by atoms with Gasteiger partial charge in [-0.2, -0.15) is 0 Å². The number of ether oxygens (including phenoxy) is 1. The summed E-state index contributed by atoms with van der Waals surface area (Å²) >= 11 is 0. The fraction of sp³-hybridized carbons (Fsp3) is 0.385. The van der Waals surface area contributed by atoms with Gasteiger partial charge in [-0.1, -0.05) is 0 Å². The minimum atomic E-state index is -0.851. The van der Waals surface area contributed by atoms with E-state index in [1.54, 1.807) is 38.4 Å². The quantitative estimate of drug-likeness (QED) is 0.892. The summed E-state index contributed by atoms with van der Waals surface area (Å²) in [6, 6.07) is 6.92. The summed E-state index contributed by atoms with van der Waals surface area (Å²) in [5, 5.41) is 8.78. The lowest BCUT2D eigenvalue weighted by Crippen LogP contribution is -2.56. The van der Waals surface area contributed by atoms with Crippen molar-refractivity contribution in [3.8, 4) is 5.75 Å². The topological polar surface area (TPSA) is 70.1 Å². The Labute approximate surface area is 111 Å². The molecule has 0 aliphatic carbocycles. The first kappa shape index (κ1) is 13.2. The van der Waals surface area contributed by atoms with Crippen LogP contribution >= 0.6 is 0 Å². The Morgan fingerprint density at radius 1 is 1.32 bits per heavy atom. The first-order valence-electron chi connectivity index (χ1n) is 5.92. The van der Waals surface area contributed by atoms with Crippen molar-refractivity contribution in [3.63, 3.8) is 0 Å². The minimum absolute atomic E-state index is 0.192. The molecule has 1 aliphatic heterocycles. The molecule has 0 unspecified atom stereocenters. The molecule has 1 aromatic carbocycles. The third-order valence-electron chi connectivity index (χ3n) is 3.25. The Balaban J connectivity index is 1.97. The maximum Gasteiger partial charge on any atom is 0.324 e. The number of hydrogen-bond donors (Lipinski definition) is 1. The lowest BCUT2D eigenvalue weighted by Gasteiger charge is -2.38. The highest BCUT2D eigenvalue weighted by Gasteiger charge is 2.37. The smallest absolute Gasteiger partial charge is 0.324 e. The van der Waals surface area contributed by atoms with Gasteiger partial charge in [-0.3, -0.25) is 9.69 Å². The second-order valence-corrected chi connectivity index (χ2v) is 4.48. The summed E-state index contributed by atoms with van der Waals surface area (Å²) in [6.45, 7) is 0.545. The fourth-order valence-electron chi connectivity index (χ4n) is 1.92. The van der Waals surface area contributed by atoms with E-state index in [0.29, 0.717) is 0 Å². The largest absolute Gasteiger partial charge is 0.497 e. The highest BCUT2D eigenvalue weighted by Crippen LogP contribution is 2.22. The summed E-state index contributed by atoms with van der Waals surface area (Å²) in [4.78, 5) is 25.8. The summed E-state index contributed by atoms with van der Waals surface area (Å²) in [7, 11) is 3.24. The summed E-state index contributed by atoms with van der Waals surface area (Å²) < 4.78 is 5.05. The number of urea groups is 1. The SMILES string of the molecule is COc1ccc(N(C)C(=O)N2CC(C(=O)O)C2)cc1. The van der Waals surface area contributed by atoms with Crippen LogP contribution in [-0.4, -0.2) is 49.3 Å². The number of carboxylic acids is 1. The van der Waals surface area contributed by atoms with Crippen molar-refractivity contribution in [3.05, 3.63) is 24.3 Å². The summed E-state index contributed by atoms with van der Waals surface area (Å²) in [5.41, 5.74) is 0.740. The molecule has 0 atom stereocenters. The minimum Gasteiger partial charge on any atom is -0.497 e. The average molecular weight is 264 g/mol. The highest BCUT2D eigenvalue weighted by atomic mass is 16.5. The Bertz CT molecular complexity index is 480. The molecule has 6 nitrogen and oxygen atoms in total. The molecule has 102 valence electrons. The fourth-order valence-corrected chi connectivity index (χ4v) is 1.92. The van der Waals surface area contributed by atoms with Crippen molar-refractivity contribution in [2.24, 2.45) is 5.92 Å². The monoisotopic (exact) mass is 264 g/mol. The molecule has 0 radical (unpaired) electrons. The number of carbonyl (C=O) groups excluding carboxylic acids is 1. The van der Waals surface area contributed by atoms with Crippen LogP contribution in [0.2, 0.25) is 0 Å². The van der Waals surface area contributed by atoms with E-state index < -0.39 is 11.9 Å². The average Bonchev–Trinajstić information content (AvgIpc) is 2.35. The van der Waals surface area contributed by atoms with Crippen LogP contribution in [-0.2, 0) is 4.79 Å². The highest BCUT2D eigenvalue weighted by molar-refractivity contribution is 5.93. The molecule has 1 N–H and O–H groups in total. The number of amides is 2. The molecule has 1 saturated heterocycles. The Hall–Kier alpha value is -2.24. The zero-order chi connectivity index (χ0) is 14.0. The molecular formula is C13H16N2O4. The van der Waals surface area contributed by atoms with Gasteiger partial charge < -0.3 is 14.7 Å². The van der Waals surface area contributed by atoms with E-state index in [1.165, 1.54) is 9.80 Å². The third-order valence-corrected chi connectivity index (χ3v) is 3.25. The van der Waals surface area contributed by atoms with Crippen molar-refractivity contribution in [1.29, 1.82) is 0 Å². The maximum atomic E-state index is 12.1. The Morgan fingerprint density at radius 2 is 1.89 bits per heavy atom. The zero-order valence-corrected chi connectivity index (χ0v) is 10.9. The van der Waals surface area contributed by atoms with Crippen LogP contribution in [0.15, 0.2) is 24.3 Å². The molecule has 1 aromatic rings. The summed E-state index contributed by atoms with van der Waals surface area (Å²) in [6.07, 6.45) is 0. The molecule has 1 fully saturated rings. The van der Waals surface area contributed by atoms with Gasteiger partial charge in [-0.05, 0) is 24.3 Å². The number of methoxy groups -OCH3 is 1. The van der Waals surface area contributed by atoms with E-state index in [1.807, 2.05) is 0 Å². The van der Waals surface area contributed by atoms with Crippen molar-refractivity contribution in [2.75, 3.05) is 32.1 Å². The van der Waals surface area contributed by atoms with Crippen LogP contribution in [0.25, 0.3) is 0 Å². The van der Waals surface area contributed by atoms with Crippen LogP contribution in [0, 0.1) is 5.92 Å². The van der Waals surface area contributed by atoms with E-state index in [-0.39, 0.29) is 19.1 Å². The number of carbonyl (C=O) groups is 2. The Morgan fingerprint density at radius 3 is 2.37 bits per heavy atom. The second kappa shape index (κ2) is 5.17. The second-order valence-electron chi connectivity index (χ2n) is 4.48. The lowest BCUT2D eigenvalue weighted by molar-refractivity contribution is -0.145. The van der Waals surface area contributed by atoms with Gasteiger partial charge in [0.1, 0.15) is 5.75 Å². The Kier molecular flexibility index (Phi) is 3.59. The van der Waals surface area contributed by atoms with Crippen LogP contribution in [0.5, 0.6) is 5.75 Å². The van der Waals surface area contributed by atoms with Gasteiger partial charge in [0.15, 0.2) is 0 Å². The standard InChI is InChI=1S/C13H16N2O4/c1-14(10-3-5-11(19-2)6-4-10)13(18)15-7-9(8-15)12(16)17/h3-6,9H,7-8H2,1-2H3,(H,16,17). The van der Waals surface area contributed by atoms with Gasteiger partial charge in [0.05, 0.1) is 13.0 Å². The van der Waals surface area contributed by atoms with Crippen LogP contribution < -0.4 is 9.64 Å². The number of rotatable bonds is 3. The van der Waals surface area contributed by atoms with Gasteiger partial charge in [0.2, 0.25) is 0 Å². The molecule has 2 amide bonds. The molecule has 1 aliphatic rings. The number of likely N-dealkylation sites (tertiary alicyclic amines) is 1. The van der Waals surface area contributed by atoms with Crippen molar-refractivity contribution < 1.29 is 19.4 Å². The number of carboxylic acid groups (broad SMARTS) is 1. The number of hydrogen-bond acceptors (Lipinski definition) is 3. The third kappa shape index (κ3) is 2.62. The van der Waals surface area contributed by atoms with E-state index >= 15 is 0 Å². The number of aliphatic carboxylic acids is 1. The van der Waals surface area contributed by atoms with Crippen molar-refractivity contribution in [1.82, 2.24) is 4.90 Å². The molecular weight excluding hydrogens is 248 g/mol. The van der Waals surface area contributed by atoms with Gasteiger partial charge in [0, 0.05) is 25.8 Å². The first-order chi connectivity index (χ1) is 9.02. The van der Waals surface area contributed by atoms with E-state index in [2.05, 4.69) is 0 Å². The van der Waals surface area contributed by atoms with Gasteiger partial charge in [-0.25, -0.2) is 4.79 Å². The summed E-state index contributed by atoms with van der Waals surface area (Å²) in [5.74, 6) is -0.566. The number of nitrogens with zero attached hydrogens (tertiary/aromatic N) is 2. The molecule has 6 heteroatoms. The van der Waals surface area contributed by atoms with Gasteiger partial charge >= 0.3 is 12.0 Å². The van der Waals surface area contributed by atoms with Gasteiger partial charge in [-0.15, -0.1) is 0 Å². The van der Waals surface area contributed by atoms with E-state index in [0.717, 1.165) is 11.4 Å². The lowest BCUT2D eigenvalue weighted by atomic mass is 10.0. The molecule has 0 spiro atoms. The van der Waals surface area contributed by atoms with Crippen LogP contribution in [0.3, 0.4) is 0 Å². The number of benzene rings is 1. The molecule has 0 saturated carbocycles. The molecule has 19 heavy (non-hydrogen) atoms. The van der Waals surface area contributed by atoms with Crippen molar-refractivity contribution >= 4 is 17.7 Å². The van der Waals surface area contributed by atoms with E-state index in [9.17, 15) is 9.59 Å². The molecule has 0 aromatic heterocycles. The molecule has 1 heterocycles. The van der Waals surface area contributed by atoms with Crippen LogP contribution in [0.4, 0.5) is 10.5 Å².